The topological polar surface area (TPSA) is 85.3 Å². The van der Waals surface area contributed by atoms with Crippen LogP contribution in [0.25, 0.3) is 28.0 Å². The van der Waals surface area contributed by atoms with Gasteiger partial charge in [0.05, 0.1) is 11.4 Å². The molecule has 0 atom stereocenters. The van der Waals surface area contributed by atoms with E-state index in [1.54, 1.807) is 0 Å². The molecule has 1 N–H and O–H groups in total. The molecule has 0 spiro atoms. The molecule has 0 saturated carbocycles. The molecule has 1 fully saturated rings. The van der Waals surface area contributed by atoms with E-state index in [-0.39, 0.29) is 5.56 Å². The van der Waals surface area contributed by atoms with Crippen LogP contribution in [0.3, 0.4) is 0 Å². The zero-order valence-corrected chi connectivity index (χ0v) is 15.0. The number of aryl methyl sites for hydroxylation is 1. The molecule has 0 unspecified atom stereocenters. The van der Waals surface area contributed by atoms with Gasteiger partial charge < -0.3 is 9.73 Å². The molecule has 1 aromatic carbocycles. The summed E-state index contributed by atoms with van der Waals surface area (Å²) < 4.78 is 6.99. The summed E-state index contributed by atoms with van der Waals surface area (Å²) in [4.78, 5) is 21.6. The average Bonchev–Trinajstić information content (AvgIpc) is 3.07. The number of fused-ring (bicyclic) bond motifs is 2. The number of aromatic nitrogens is 4. The molecule has 5 rings (SSSR count). The van der Waals surface area contributed by atoms with Crippen molar-refractivity contribution in [1.82, 2.24) is 24.9 Å². The maximum atomic E-state index is 12.7. The first kappa shape index (κ1) is 16.1. The molecule has 0 amide bonds. The Labute approximate surface area is 155 Å². The zero-order chi connectivity index (χ0) is 18.4. The number of hydrogen-bond donors (Lipinski definition) is 1. The summed E-state index contributed by atoms with van der Waals surface area (Å²) >= 11 is 0. The van der Waals surface area contributed by atoms with Gasteiger partial charge >= 0.3 is 0 Å². The van der Waals surface area contributed by atoms with Crippen molar-refractivity contribution in [2.75, 3.05) is 13.1 Å². The SMILES string of the molecule is Cc1nc2ccc(-c3cc(=O)n4nc(C5CCNCC5)ccc4n3)cc2o1. The zero-order valence-electron chi connectivity index (χ0n) is 15.0. The molecule has 4 aromatic rings. The summed E-state index contributed by atoms with van der Waals surface area (Å²) in [6.07, 6.45) is 2.07. The largest absolute Gasteiger partial charge is 0.441 e. The van der Waals surface area contributed by atoms with Crippen LogP contribution in [-0.4, -0.2) is 32.7 Å². The summed E-state index contributed by atoms with van der Waals surface area (Å²) in [5, 5.41) is 7.92. The molecule has 1 saturated heterocycles. The number of oxazole rings is 1. The van der Waals surface area contributed by atoms with Gasteiger partial charge in [0.25, 0.3) is 5.56 Å². The van der Waals surface area contributed by atoms with E-state index in [1.807, 2.05) is 37.3 Å². The molecule has 0 radical (unpaired) electrons. The van der Waals surface area contributed by atoms with Gasteiger partial charge in [-0.25, -0.2) is 9.97 Å². The highest BCUT2D eigenvalue weighted by Crippen LogP contribution is 2.25. The lowest BCUT2D eigenvalue weighted by Crippen LogP contribution is -2.28. The normalized spacial score (nSPS) is 15.6. The number of nitrogens with one attached hydrogen (secondary N) is 1. The van der Waals surface area contributed by atoms with Crippen LogP contribution in [0.5, 0.6) is 0 Å². The van der Waals surface area contributed by atoms with Crippen LogP contribution in [0.4, 0.5) is 0 Å². The Morgan fingerprint density at radius 1 is 1.11 bits per heavy atom. The Kier molecular flexibility index (Phi) is 3.75. The van der Waals surface area contributed by atoms with Gasteiger partial charge in [0.1, 0.15) is 5.52 Å². The Morgan fingerprint density at radius 2 is 1.96 bits per heavy atom. The van der Waals surface area contributed by atoms with Gasteiger partial charge in [-0.05, 0) is 50.2 Å². The van der Waals surface area contributed by atoms with Gasteiger partial charge in [-0.2, -0.15) is 9.61 Å². The highest BCUT2D eigenvalue weighted by atomic mass is 16.3. The third-order valence-corrected chi connectivity index (χ3v) is 5.09. The molecule has 1 aliphatic rings. The fourth-order valence-corrected chi connectivity index (χ4v) is 3.69. The number of nitrogens with zero attached hydrogens (tertiary/aromatic N) is 4. The van der Waals surface area contributed by atoms with Crippen molar-refractivity contribution < 1.29 is 4.42 Å². The van der Waals surface area contributed by atoms with Crippen molar-refractivity contribution in [3.05, 3.63) is 58.3 Å². The first-order valence-electron chi connectivity index (χ1n) is 9.17. The van der Waals surface area contributed by atoms with Gasteiger partial charge in [0, 0.05) is 24.5 Å². The fraction of sp³-hybridized carbons (Fsp3) is 0.300. The van der Waals surface area contributed by atoms with Crippen LogP contribution in [-0.2, 0) is 0 Å². The van der Waals surface area contributed by atoms with E-state index >= 15 is 0 Å². The predicted octanol–water partition coefficient (Wildman–Crippen LogP) is 2.67. The second kappa shape index (κ2) is 6.28. The second-order valence-electron chi connectivity index (χ2n) is 6.95. The average molecular weight is 361 g/mol. The highest BCUT2D eigenvalue weighted by molar-refractivity contribution is 5.79. The van der Waals surface area contributed by atoms with Crippen LogP contribution in [0.1, 0.15) is 30.3 Å². The Bertz CT molecular complexity index is 1200. The number of hydrogen-bond acceptors (Lipinski definition) is 6. The van der Waals surface area contributed by atoms with Crippen molar-refractivity contribution in [3.63, 3.8) is 0 Å². The van der Waals surface area contributed by atoms with E-state index in [9.17, 15) is 4.79 Å². The Morgan fingerprint density at radius 3 is 2.81 bits per heavy atom. The summed E-state index contributed by atoms with van der Waals surface area (Å²) in [6, 6.07) is 11.0. The standard InChI is InChI=1S/C20H19N5O2/c1-12-22-16-3-2-14(10-18(16)27-12)17-11-20(26)25-19(23-17)5-4-15(24-25)13-6-8-21-9-7-13/h2-5,10-11,13,21H,6-9H2,1H3. The van der Waals surface area contributed by atoms with Crippen molar-refractivity contribution >= 4 is 16.7 Å². The molecule has 7 heteroatoms. The summed E-state index contributed by atoms with van der Waals surface area (Å²) in [7, 11) is 0. The van der Waals surface area contributed by atoms with Crippen LogP contribution in [0.2, 0.25) is 0 Å². The lowest BCUT2D eigenvalue weighted by atomic mass is 9.94. The molecule has 27 heavy (non-hydrogen) atoms. The lowest BCUT2D eigenvalue weighted by Gasteiger charge is -2.22. The van der Waals surface area contributed by atoms with Gasteiger partial charge in [0.2, 0.25) is 0 Å². The number of benzene rings is 1. The van der Waals surface area contributed by atoms with E-state index in [1.165, 1.54) is 10.6 Å². The smallest absolute Gasteiger partial charge is 0.275 e. The van der Waals surface area contributed by atoms with Crippen LogP contribution < -0.4 is 10.9 Å². The third-order valence-electron chi connectivity index (χ3n) is 5.09. The van der Waals surface area contributed by atoms with Gasteiger partial charge in [-0.15, -0.1) is 0 Å². The minimum Gasteiger partial charge on any atom is -0.441 e. The van der Waals surface area contributed by atoms with E-state index in [0.29, 0.717) is 28.7 Å². The third kappa shape index (κ3) is 2.90. The summed E-state index contributed by atoms with van der Waals surface area (Å²) in [5.41, 5.74) is 4.23. The molecule has 7 nitrogen and oxygen atoms in total. The van der Waals surface area contributed by atoms with E-state index in [0.717, 1.165) is 42.7 Å². The number of piperidine rings is 1. The summed E-state index contributed by atoms with van der Waals surface area (Å²) in [6.45, 7) is 3.78. The van der Waals surface area contributed by atoms with Gasteiger partial charge in [-0.1, -0.05) is 6.07 Å². The van der Waals surface area contributed by atoms with Crippen LogP contribution in [0, 0.1) is 6.92 Å². The van der Waals surface area contributed by atoms with Crippen molar-refractivity contribution in [1.29, 1.82) is 0 Å². The van der Waals surface area contributed by atoms with Crippen LogP contribution >= 0.6 is 0 Å². The van der Waals surface area contributed by atoms with E-state index in [4.69, 9.17) is 4.42 Å². The maximum absolute atomic E-state index is 12.7. The molecule has 1 aliphatic heterocycles. The van der Waals surface area contributed by atoms with Crippen molar-refractivity contribution in [2.45, 2.75) is 25.7 Å². The van der Waals surface area contributed by atoms with Crippen LogP contribution in [0.15, 0.2) is 45.6 Å². The maximum Gasteiger partial charge on any atom is 0.275 e. The quantitative estimate of drug-likeness (QED) is 0.591. The highest BCUT2D eigenvalue weighted by Gasteiger charge is 2.18. The molecule has 0 aliphatic carbocycles. The van der Waals surface area contributed by atoms with Crippen molar-refractivity contribution in [2.24, 2.45) is 0 Å². The molecule has 3 aromatic heterocycles. The molecule has 136 valence electrons. The first-order chi connectivity index (χ1) is 13.2. The minimum atomic E-state index is -0.181. The second-order valence-corrected chi connectivity index (χ2v) is 6.95. The fourth-order valence-electron chi connectivity index (χ4n) is 3.69. The van der Waals surface area contributed by atoms with E-state index in [2.05, 4.69) is 20.4 Å². The Hall–Kier alpha value is -3.06. The monoisotopic (exact) mass is 361 g/mol. The minimum absolute atomic E-state index is 0.181. The lowest BCUT2D eigenvalue weighted by molar-refractivity contribution is 0.448. The molecule has 4 heterocycles. The van der Waals surface area contributed by atoms with Gasteiger partial charge in [-0.3, -0.25) is 4.79 Å². The number of rotatable bonds is 2. The van der Waals surface area contributed by atoms with Crippen molar-refractivity contribution in [3.8, 4) is 11.3 Å². The predicted molar refractivity (Wildman–Crippen MR) is 102 cm³/mol. The molecular formula is C20H19N5O2. The molecular weight excluding hydrogens is 342 g/mol. The molecule has 0 bridgehead atoms. The first-order valence-corrected chi connectivity index (χ1v) is 9.17. The van der Waals surface area contributed by atoms with Gasteiger partial charge in [0.15, 0.2) is 17.1 Å². The Balaban J connectivity index is 1.58. The summed E-state index contributed by atoms with van der Waals surface area (Å²) in [5.74, 6) is 1.00. The van der Waals surface area contributed by atoms with E-state index < -0.39 is 0 Å².